The van der Waals surface area contributed by atoms with Crippen LogP contribution in [0.3, 0.4) is 0 Å². The SMILES string of the molecule is CCn1c(SCC(=O)Nc2cccc(C)c2)nc2c(c1=O)S[C@H](C)C2. The molecule has 0 radical (unpaired) electrons. The van der Waals surface area contributed by atoms with Gasteiger partial charge >= 0.3 is 0 Å². The van der Waals surface area contributed by atoms with Gasteiger partial charge in [0.15, 0.2) is 5.16 Å². The van der Waals surface area contributed by atoms with Crippen LogP contribution in [0.2, 0.25) is 0 Å². The Morgan fingerprint density at radius 1 is 1.48 bits per heavy atom. The molecule has 1 aromatic carbocycles. The number of thioether (sulfide) groups is 2. The van der Waals surface area contributed by atoms with Gasteiger partial charge in [0.05, 0.1) is 16.3 Å². The number of carbonyl (C=O) groups excluding carboxylic acids is 1. The molecule has 132 valence electrons. The quantitative estimate of drug-likeness (QED) is 0.641. The maximum atomic E-state index is 12.6. The molecule has 1 amide bonds. The number of aromatic nitrogens is 2. The summed E-state index contributed by atoms with van der Waals surface area (Å²) in [5, 5.41) is 3.89. The third kappa shape index (κ3) is 4.10. The topological polar surface area (TPSA) is 64.0 Å². The highest BCUT2D eigenvalue weighted by molar-refractivity contribution is 8.00. The Morgan fingerprint density at radius 2 is 2.28 bits per heavy atom. The van der Waals surface area contributed by atoms with E-state index in [1.165, 1.54) is 11.8 Å². The minimum Gasteiger partial charge on any atom is -0.325 e. The summed E-state index contributed by atoms with van der Waals surface area (Å²) >= 11 is 2.91. The van der Waals surface area contributed by atoms with E-state index in [1.54, 1.807) is 16.3 Å². The summed E-state index contributed by atoms with van der Waals surface area (Å²) in [4.78, 5) is 30.3. The van der Waals surface area contributed by atoms with E-state index < -0.39 is 0 Å². The Bertz CT molecular complexity index is 864. The largest absolute Gasteiger partial charge is 0.325 e. The van der Waals surface area contributed by atoms with Gasteiger partial charge in [-0.2, -0.15) is 0 Å². The summed E-state index contributed by atoms with van der Waals surface area (Å²) in [6.07, 6.45) is 0.808. The molecule has 0 bridgehead atoms. The van der Waals surface area contributed by atoms with Gasteiger partial charge in [-0.3, -0.25) is 14.2 Å². The zero-order valence-electron chi connectivity index (χ0n) is 14.5. The zero-order valence-corrected chi connectivity index (χ0v) is 16.2. The van der Waals surface area contributed by atoms with Crippen molar-refractivity contribution in [2.75, 3.05) is 11.1 Å². The molecule has 0 saturated heterocycles. The van der Waals surface area contributed by atoms with Crippen LogP contribution in [0.4, 0.5) is 5.69 Å². The number of nitrogens with zero attached hydrogens (tertiary/aromatic N) is 2. The maximum absolute atomic E-state index is 12.6. The smallest absolute Gasteiger partial charge is 0.268 e. The second-order valence-electron chi connectivity index (χ2n) is 6.06. The molecule has 7 heteroatoms. The summed E-state index contributed by atoms with van der Waals surface area (Å²) in [6.45, 7) is 6.56. The van der Waals surface area contributed by atoms with Crippen LogP contribution < -0.4 is 10.9 Å². The number of hydrogen-bond acceptors (Lipinski definition) is 5. The van der Waals surface area contributed by atoms with Gasteiger partial charge in [0.1, 0.15) is 0 Å². The van der Waals surface area contributed by atoms with Crippen LogP contribution in [0.5, 0.6) is 0 Å². The van der Waals surface area contributed by atoms with Gasteiger partial charge in [0.25, 0.3) is 5.56 Å². The molecule has 0 spiro atoms. The average molecular weight is 376 g/mol. The van der Waals surface area contributed by atoms with Crippen molar-refractivity contribution < 1.29 is 4.79 Å². The van der Waals surface area contributed by atoms with Gasteiger partial charge in [-0.25, -0.2) is 4.98 Å². The Kier molecular flexibility index (Phi) is 5.54. The minimum atomic E-state index is -0.101. The van der Waals surface area contributed by atoms with Crippen molar-refractivity contribution in [1.82, 2.24) is 9.55 Å². The summed E-state index contributed by atoms with van der Waals surface area (Å²) < 4.78 is 1.66. The number of hydrogen-bond donors (Lipinski definition) is 1. The van der Waals surface area contributed by atoms with Crippen LogP contribution in [0.1, 0.15) is 25.1 Å². The van der Waals surface area contributed by atoms with Crippen LogP contribution in [0, 0.1) is 6.92 Å². The molecule has 0 unspecified atom stereocenters. The van der Waals surface area contributed by atoms with Crippen LogP contribution >= 0.6 is 23.5 Å². The monoisotopic (exact) mass is 375 g/mol. The van der Waals surface area contributed by atoms with Crippen molar-refractivity contribution in [3.05, 3.63) is 45.9 Å². The normalized spacial score (nSPS) is 15.9. The van der Waals surface area contributed by atoms with Crippen LogP contribution in [0.25, 0.3) is 0 Å². The second-order valence-corrected chi connectivity index (χ2v) is 8.45. The zero-order chi connectivity index (χ0) is 18.0. The number of benzene rings is 1. The number of amides is 1. The molecule has 2 heterocycles. The van der Waals surface area contributed by atoms with Crippen molar-refractivity contribution in [3.63, 3.8) is 0 Å². The number of carbonyl (C=O) groups is 1. The first-order valence-electron chi connectivity index (χ1n) is 8.27. The standard InChI is InChI=1S/C18H21N3O2S2/c1-4-21-17(23)16-14(9-12(3)25-16)20-18(21)24-10-15(22)19-13-7-5-6-11(2)8-13/h5-8,12H,4,9-10H2,1-3H3,(H,19,22)/t12-/m1/s1. The molecule has 0 saturated carbocycles. The first-order valence-corrected chi connectivity index (χ1v) is 10.1. The molecule has 25 heavy (non-hydrogen) atoms. The van der Waals surface area contributed by atoms with Crippen molar-refractivity contribution in [1.29, 1.82) is 0 Å². The van der Waals surface area contributed by atoms with Gasteiger partial charge in [0.2, 0.25) is 5.91 Å². The van der Waals surface area contributed by atoms with Crippen LogP contribution in [-0.2, 0) is 17.8 Å². The van der Waals surface area contributed by atoms with Gasteiger partial charge < -0.3 is 5.32 Å². The van der Waals surface area contributed by atoms with E-state index >= 15 is 0 Å². The van der Waals surface area contributed by atoms with Crippen molar-refractivity contribution in [2.45, 2.75) is 49.0 Å². The summed E-state index contributed by atoms with van der Waals surface area (Å²) in [6, 6.07) is 7.69. The van der Waals surface area contributed by atoms with E-state index in [1.807, 2.05) is 38.1 Å². The van der Waals surface area contributed by atoms with Crippen LogP contribution in [-0.4, -0.2) is 26.5 Å². The molecule has 1 aliphatic heterocycles. The number of rotatable bonds is 5. The van der Waals surface area contributed by atoms with E-state index in [0.717, 1.165) is 28.3 Å². The summed E-state index contributed by atoms with van der Waals surface area (Å²) in [7, 11) is 0. The van der Waals surface area contributed by atoms with E-state index in [4.69, 9.17) is 0 Å². The van der Waals surface area contributed by atoms with Gasteiger partial charge in [-0.05, 0) is 31.5 Å². The molecule has 2 aromatic rings. The van der Waals surface area contributed by atoms with Gasteiger partial charge in [-0.15, -0.1) is 11.8 Å². The first-order chi connectivity index (χ1) is 12.0. The molecule has 1 atom stereocenters. The third-order valence-corrected chi connectivity index (χ3v) is 6.10. The maximum Gasteiger partial charge on any atom is 0.268 e. The number of fused-ring (bicyclic) bond motifs is 1. The van der Waals surface area contributed by atoms with Crippen LogP contribution in [0.15, 0.2) is 39.1 Å². The van der Waals surface area contributed by atoms with Crippen molar-refractivity contribution in [3.8, 4) is 0 Å². The highest BCUT2D eigenvalue weighted by Gasteiger charge is 2.26. The molecule has 1 aliphatic rings. The fourth-order valence-electron chi connectivity index (χ4n) is 2.77. The van der Waals surface area contributed by atoms with Gasteiger partial charge in [-0.1, -0.05) is 30.8 Å². The first kappa shape index (κ1) is 18.1. The Hall–Kier alpha value is -1.73. The molecular formula is C18H21N3O2S2. The van der Waals surface area contributed by atoms with E-state index in [2.05, 4.69) is 17.2 Å². The molecule has 5 nitrogen and oxygen atoms in total. The number of anilines is 1. The Balaban J connectivity index is 1.73. The molecule has 0 aliphatic carbocycles. The molecule has 1 aromatic heterocycles. The lowest BCUT2D eigenvalue weighted by molar-refractivity contribution is -0.113. The minimum absolute atomic E-state index is 0.0171. The number of aryl methyl sites for hydroxylation is 1. The molecular weight excluding hydrogens is 354 g/mol. The average Bonchev–Trinajstić information content (AvgIpc) is 2.94. The molecule has 1 N–H and O–H groups in total. The highest BCUT2D eigenvalue weighted by Crippen LogP contribution is 2.34. The Labute approximate surface area is 155 Å². The second kappa shape index (κ2) is 7.66. The van der Waals surface area contributed by atoms with E-state index in [-0.39, 0.29) is 17.2 Å². The summed E-state index contributed by atoms with van der Waals surface area (Å²) in [5.41, 5.74) is 2.76. The predicted octanol–water partition coefficient (Wildman–Crippen LogP) is 3.34. The Morgan fingerprint density at radius 3 is 3.00 bits per heavy atom. The summed E-state index contributed by atoms with van der Waals surface area (Å²) in [5.74, 6) is 0.123. The lowest BCUT2D eigenvalue weighted by Gasteiger charge is -2.11. The van der Waals surface area contributed by atoms with E-state index in [0.29, 0.717) is 17.0 Å². The third-order valence-electron chi connectivity index (χ3n) is 3.91. The lowest BCUT2D eigenvalue weighted by Crippen LogP contribution is -2.25. The number of nitrogens with one attached hydrogen (secondary N) is 1. The van der Waals surface area contributed by atoms with E-state index in [9.17, 15) is 9.59 Å². The molecule has 0 fully saturated rings. The van der Waals surface area contributed by atoms with Gasteiger partial charge in [0, 0.05) is 23.9 Å². The van der Waals surface area contributed by atoms with Crippen molar-refractivity contribution in [2.24, 2.45) is 0 Å². The highest BCUT2D eigenvalue weighted by atomic mass is 32.2. The fourth-order valence-corrected chi connectivity index (χ4v) is 4.76. The predicted molar refractivity (Wildman–Crippen MR) is 104 cm³/mol. The molecule has 3 rings (SSSR count). The van der Waals surface area contributed by atoms with Crippen molar-refractivity contribution >= 4 is 35.1 Å². The fraction of sp³-hybridized carbons (Fsp3) is 0.389. The lowest BCUT2D eigenvalue weighted by atomic mass is 10.2.